The second-order valence-corrected chi connectivity index (χ2v) is 4.98. The van der Waals surface area contributed by atoms with Gasteiger partial charge in [-0.1, -0.05) is 6.07 Å². The van der Waals surface area contributed by atoms with Crippen molar-refractivity contribution in [3.63, 3.8) is 0 Å². The van der Waals surface area contributed by atoms with Gasteiger partial charge in [-0.15, -0.1) is 11.6 Å². The predicted octanol–water partition coefficient (Wildman–Crippen LogP) is 3.41. The molecule has 1 aromatic carbocycles. The molecule has 0 saturated carbocycles. The highest BCUT2D eigenvalue weighted by atomic mass is 35.5. The van der Waals surface area contributed by atoms with E-state index in [9.17, 15) is 13.6 Å². The number of hydrogen-bond donors (Lipinski definition) is 1. The van der Waals surface area contributed by atoms with Gasteiger partial charge in [0.25, 0.3) is 5.91 Å². The zero-order valence-electron chi connectivity index (χ0n) is 10.4. The minimum absolute atomic E-state index is 0.0225. The van der Waals surface area contributed by atoms with E-state index in [1.165, 1.54) is 13.0 Å². The van der Waals surface area contributed by atoms with Crippen molar-refractivity contribution in [3.8, 4) is 0 Å². The summed E-state index contributed by atoms with van der Waals surface area (Å²) in [5.74, 6) is -2.38. The van der Waals surface area contributed by atoms with Crippen LogP contribution in [-0.2, 0) is 0 Å². The molecule has 1 unspecified atom stereocenters. The Labute approximate surface area is 110 Å². The van der Waals surface area contributed by atoms with Crippen LogP contribution in [0.25, 0.3) is 0 Å². The van der Waals surface area contributed by atoms with Crippen LogP contribution in [0.2, 0.25) is 0 Å². The molecule has 2 nitrogen and oxygen atoms in total. The Kier molecular flexibility index (Phi) is 5.54. The summed E-state index contributed by atoms with van der Waals surface area (Å²) in [4.78, 5) is 11.7. The van der Waals surface area contributed by atoms with Gasteiger partial charge in [-0.05, 0) is 38.3 Å². The van der Waals surface area contributed by atoms with E-state index in [-0.39, 0.29) is 10.9 Å². The predicted molar refractivity (Wildman–Crippen MR) is 68.0 cm³/mol. The van der Waals surface area contributed by atoms with E-state index in [2.05, 4.69) is 5.32 Å². The smallest absolute Gasteiger partial charge is 0.257 e. The Bertz CT molecular complexity index is 435. The molecule has 0 bridgehead atoms. The molecule has 100 valence electrons. The number of rotatable bonds is 5. The number of carbonyl (C=O) groups is 1. The molecule has 0 radical (unpaired) electrons. The van der Waals surface area contributed by atoms with E-state index >= 15 is 0 Å². The molecule has 0 spiro atoms. The molecule has 0 heterocycles. The fourth-order valence-electron chi connectivity index (χ4n) is 1.54. The maximum atomic E-state index is 13.6. The monoisotopic (exact) mass is 275 g/mol. The van der Waals surface area contributed by atoms with Crippen molar-refractivity contribution in [1.29, 1.82) is 0 Å². The lowest BCUT2D eigenvalue weighted by molar-refractivity contribution is 0.0944. The van der Waals surface area contributed by atoms with Crippen molar-refractivity contribution in [2.24, 2.45) is 0 Å². The van der Waals surface area contributed by atoms with Gasteiger partial charge in [-0.2, -0.15) is 0 Å². The molecule has 0 saturated heterocycles. The molecule has 1 amide bonds. The summed E-state index contributed by atoms with van der Waals surface area (Å²) in [6.45, 7) is 3.69. The van der Waals surface area contributed by atoms with E-state index in [0.29, 0.717) is 13.0 Å². The summed E-state index contributed by atoms with van der Waals surface area (Å²) in [5, 5.41) is 2.51. The number of aryl methyl sites for hydroxylation is 1. The van der Waals surface area contributed by atoms with E-state index < -0.39 is 23.1 Å². The maximum Gasteiger partial charge on any atom is 0.257 e. The van der Waals surface area contributed by atoms with Crippen LogP contribution in [0.1, 0.15) is 35.7 Å². The summed E-state index contributed by atoms with van der Waals surface area (Å²) in [6.07, 6.45) is 1.41. The molecule has 0 aliphatic carbocycles. The number of amides is 1. The number of alkyl halides is 1. The summed E-state index contributed by atoms with van der Waals surface area (Å²) in [6, 6.07) is 2.39. The summed E-state index contributed by atoms with van der Waals surface area (Å²) < 4.78 is 27.0. The summed E-state index contributed by atoms with van der Waals surface area (Å²) in [7, 11) is 0. The topological polar surface area (TPSA) is 29.1 Å². The highest BCUT2D eigenvalue weighted by Crippen LogP contribution is 2.16. The molecule has 0 aliphatic heterocycles. The quantitative estimate of drug-likeness (QED) is 0.647. The van der Waals surface area contributed by atoms with Gasteiger partial charge in [0.1, 0.15) is 17.2 Å². The fraction of sp³-hybridized carbons (Fsp3) is 0.462. The zero-order chi connectivity index (χ0) is 13.7. The molecule has 1 atom stereocenters. The highest BCUT2D eigenvalue weighted by Gasteiger charge is 2.18. The molecule has 0 aliphatic rings. The van der Waals surface area contributed by atoms with Gasteiger partial charge in [0, 0.05) is 11.9 Å². The molecule has 1 N–H and O–H groups in total. The minimum atomic E-state index is -0.846. The van der Waals surface area contributed by atoms with E-state index in [0.717, 1.165) is 12.5 Å². The number of halogens is 3. The number of carbonyl (C=O) groups excluding carboxylic acids is 1. The molecule has 0 fully saturated rings. The molecular formula is C13H16ClF2NO. The van der Waals surface area contributed by atoms with Crippen molar-refractivity contribution in [3.05, 3.63) is 34.9 Å². The lowest BCUT2D eigenvalue weighted by Crippen LogP contribution is -2.27. The minimum Gasteiger partial charge on any atom is -0.352 e. The van der Waals surface area contributed by atoms with Gasteiger partial charge in [-0.25, -0.2) is 8.78 Å². The number of hydrogen-bond acceptors (Lipinski definition) is 1. The van der Waals surface area contributed by atoms with Crippen LogP contribution in [-0.4, -0.2) is 17.8 Å². The van der Waals surface area contributed by atoms with Crippen LogP contribution in [0.3, 0.4) is 0 Å². The molecule has 0 aromatic heterocycles. The van der Waals surface area contributed by atoms with Crippen LogP contribution in [0.5, 0.6) is 0 Å². The van der Waals surface area contributed by atoms with Crippen LogP contribution in [0.4, 0.5) is 8.78 Å². The highest BCUT2D eigenvalue weighted by molar-refractivity contribution is 6.20. The third kappa shape index (κ3) is 3.95. The maximum absolute atomic E-state index is 13.6. The van der Waals surface area contributed by atoms with Gasteiger partial charge in [0.2, 0.25) is 0 Å². The first-order chi connectivity index (χ1) is 8.43. The second kappa shape index (κ2) is 6.69. The normalized spacial score (nSPS) is 12.3. The van der Waals surface area contributed by atoms with Crippen LogP contribution in [0.15, 0.2) is 12.1 Å². The Morgan fingerprint density at radius 3 is 2.72 bits per heavy atom. The SMILES string of the molecule is Cc1ccc(F)c(C(=O)NCCCC(C)Cl)c1F. The summed E-state index contributed by atoms with van der Waals surface area (Å²) >= 11 is 5.75. The molecule has 1 aromatic rings. The first-order valence-corrected chi connectivity index (χ1v) is 6.24. The first kappa shape index (κ1) is 14.9. The van der Waals surface area contributed by atoms with Crippen LogP contribution < -0.4 is 5.32 Å². The Balaban J connectivity index is 2.65. The van der Waals surface area contributed by atoms with Crippen LogP contribution >= 0.6 is 11.6 Å². The van der Waals surface area contributed by atoms with Crippen molar-refractivity contribution in [2.45, 2.75) is 32.1 Å². The van der Waals surface area contributed by atoms with Gasteiger partial charge >= 0.3 is 0 Å². The zero-order valence-corrected chi connectivity index (χ0v) is 11.2. The van der Waals surface area contributed by atoms with Gasteiger partial charge in [0.15, 0.2) is 0 Å². The Morgan fingerprint density at radius 1 is 1.44 bits per heavy atom. The second-order valence-electron chi connectivity index (χ2n) is 4.23. The Morgan fingerprint density at radius 2 is 2.11 bits per heavy atom. The third-order valence-electron chi connectivity index (χ3n) is 2.58. The molecular weight excluding hydrogens is 260 g/mol. The largest absolute Gasteiger partial charge is 0.352 e. The van der Waals surface area contributed by atoms with Crippen molar-refractivity contribution in [2.75, 3.05) is 6.54 Å². The van der Waals surface area contributed by atoms with Gasteiger partial charge in [0.05, 0.1) is 0 Å². The lowest BCUT2D eigenvalue weighted by atomic mass is 10.1. The third-order valence-corrected chi connectivity index (χ3v) is 2.79. The number of nitrogens with one attached hydrogen (secondary N) is 1. The van der Waals surface area contributed by atoms with Crippen molar-refractivity contribution >= 4 is 17.5 Å². The Hall–Kier alpha value is -1.16. The van der Waals surface area contributed by atoms with Crippen molar-refractivity contribution < 1.29 is 13.6 Å². The van der Waals surface area contributed by atoms with Gasteiger partial charge < -0.3 is 5.32 Å². The van der Waals surface area contributed by atoms with Gasteiger partial charge in [-0.3, -0.25) is 4.79 Å². The van der Waals surface area contributed by atoms with E-state index in [1.807, 2.05) is 6.92 Å². The summed E-state index contributed by atoms with van der Waals surface area (Å²) in [5.41, 5.74) is -0.273. The average Bonchev–Trinajstić information content (AvgIpc) is 2.30. The molecule has 18 heavy (non-hydrogen) atoms. The molecule has 5 heteroatoms. The standard InChI is InChI=1S/C13H16ClF2NO/c1-8-5-6-10(15)11(12(8)16)13(18)17-7-3-4-9(2)14/h5-6,9H,3-4,7H2,1-2H3,(H,17,18). The van der Waals surface area contributed by atoms with E-state index in [1.54, 1.807) is 0 Å². The van der Waals surface area contributed by atoms with E-state index in [4.69, 9.17) is 11.6 Å². The fourth-order valence-corrected chi connectivity index (χ4v) is 1.69. The number of benzene rings is 1. The lowest BCUT2D eigenvalue weighted by Gasteiger charge is -2.09. The van der Waals surface area contributed by atoms with Crippen LogP contribution in [0, 0.1) is 18.6 Å². The molecule has 1 rings (SSSR count). The average molecular weight is 276 g/mol. The first-order valence-electron chi connectivity index (χ1n) is 5.80. The van der Waals surface area contributed by atoms with Crippen molar-refractivity contribution in [1.82, 2.24) is 5.32 Å².